The van der Waals surface area contributed by atoms with E-state index >= 15 is 0 Å². The van der Waals surface area contributed by atoms with Gasteiger partial charge >= 0.3 is 0 Å². The van der Waals surface area contributed by atoms with Gasteiger partial charge in [0, 0.05) is 13.1 Å². The fraction of sp³-hybridized carbons (Fsp3) is 0.538. The molecule has 1 fully saturated rings. The van der Waals surface area contributed by atoms with Crippen molar-refractivity contribution in [3.63, 3.8) is 0 Å². The van der Waals surface area contributed by atoms with Gasteiger partial charge in [0.25, 0.3) is 0 Å². The Labute approximate surface area is 109 Å². The van der Waals surface area contributed by atoms with Gasteiger partial charge in [0.2, 0.25) is 10.0 Å². The van der Waals surface area contributed by atoms with Crippen molar-refractivity contribution in [3.05, 3.63) is 24.3 Å². The van der Waals surface area contributed by atoms with Crippen molar-refractivity contribution in [1.29, 1.82) is 0 Å². The number of benzene rings is 1. The van der Waals surface area contributed by atoms with Crippen molar-refractivity contribution < 1.29 is 8.42 Å². The summed E-state index contributed by atoms with van der Waals surface area (Å²) in [6.07, 6.45) is 1.08. The fourth-order valence-electron chi connectivity index (χ4n) is 2.66. The molecule has 1 aliphatic rings. The summed E-state index contributed by atoms with van der Waals surface area (Å²) in [6.45, 7) is 5.35. The molecule has 0 saturated carbocycles. The molecule has 0 aliphatic carbocycles. The molecule has 1 aliphatic heterocycles. The Morgan fingerprint density at radius 2 is 1.72 bits per heavy atom. The minimum Gasteiger partial charge on any atom is -0.398 e. The molecule has 0 aromatic heterocycles. The molecule has 1 saturated heterocycles. The first-order valence-corrected chi connectivity index (χ1v) is 7.70. The predicted octanol–water partition coefficient (Wildman–Crippen LogP) is 1.94. The van der Waals surface area contributed by atoms with Crippen LogP contribution < -0.4 is 5.73 Å². The predicted molar refractivity (Wildman–Crippen MR) is 72.6 cm³/mol. The number of nitrogens with zero attached hydrogens (tertiary/aromatic N) is 1. The molecule has 1 aromatic rings. The molecule has 100 valence electrons. The maximum Gasteiger partial charge on any atom is 0.245 e. The van der Waals surface area contributed by atoms with Crippen molar-refractivity contribution in [3.8, 4) is 0 Å². The highest BCUT2D eigenvalue weighted by molar-refractivity contribution is 7.89. The Balaban J connectivity index is 2.34. The third-order valence-electron chi connectivity index (χ3n) is 3.37. The highest BCUT2D eigenvalue weighted by Gasteiger charge is 2.32. The van der Waals surface area contributed by atoms with Crippen molar-refractivity contribution in [2.45, 2.75) is 25.2 Å². The van der Waals surface area contributed by atoms with Crippen LogP contribution in [0.2, 0.25) is 0 Å². The largest absolute Gasteiger partial charge is 0.398 e. The van der Waals surface area contributed by atoms with Crippen LogP contribution in [0.15, 0.2) is 29.2 Å². The number of piperidine rings is 1. The standard InChI is InChI=1S/C13H20N2O2S/c1-10-7-11(2)9-15(8-10)18(16,17)13-6-4-3-5-12(13)14/h3-6,10-11H,7-9,14H2,1-2H3. The number of hydrogen-bond donors (Lipinski definition) is 1. The van der Waals surface area contributed by atoms with E-state index in [4.69, 9.17) is 5.73 Å². The number of rotatable bonds is 2. The molecule has 0 radical (unpaired) electrons. The van der Waals surface area contributed by atoms with Crippen LogP contribution >= 0.6 is 0 Å². The Hall–Kier alpha value is -1.07. The van der Waals surface area contributed by atoms with Gasteiger partial charge in [-0.15, -0.1) is 0 Å². The molecule has 1 aromatic carbocycles. The van der Waals surface area contributed by atoms with E-state index in [1.807, 2.05) is 0 Å². The first-order valence-electron chi connectivity index (χ1n) is 6.26. The number of nitrogens with two attached hydrogens (primary N) is 1. The molecule has 2 atom stereocenters. The monoisotopic (exact) mass is 268 g/mol. The third-order valence-corrected chi connectivity index (χ3v) is 5.28. The second kappa shape index (κ2) is 4.90. The van der Waals surface area contributed by atoms with E-state index in [-0.39, 0.29) is 4.90 Å². The van der Waals surface area contributed by atoms with E-state index in [0.717, 1.165) is 6.42 Å². The zero-order valence-electron chi connectivity index (χ0n) is 10.8. The molecule has 0 bridgehead atoms. The Morgan fingerprint density at radius 1 is 1.17 bits per heavy atom. The molecule has 2 unspecified atom stereocenters. The van der Waals surface area contributed by atoms with E-state index in [9.17, 15) is 8.42 Å². The highest BCUT2D eigenvalue weighted by Crippen LogP contribution is 2.28. The van der Waals surface area contributed by atoms with Gasteiger partial charge < -0.3 is 5.73 Å². The number of hydrogen-bond acceptors (Lipinski definition) is 3. The Morgan fingerprint density at radius 3 is 2.28 bits per heavy atom. The zero-order valence-corrected chi connectivity index (χ0v) is 11.7. The van der Waals surface area contributed by atoms with Gasteiger partial charge in [0.05, 0.1) is 5.69 Å². The molecular formula is C13H20N2O2S. The number of anilines is 1. The zero-order chi connectivity index (χ0) is 13.3. The topological polar surface area (TPSA) is 63.4 Å². The van der Waals surface area contributed by atoms with Crippen LogP contribution in [0.25, 0.3) is 0 Å². The molecule has 0 amide bonds. The summed E-state index contributed by atoms with van der Waals surface area (Å²) >= 11 is 0. The SMILES string of the molecule is CC1CC(C)CN(S(=O)(=O)c2ccccc2N)C1. The summed E-state index contributed by atoms with van der Waals surface area (Å²) in [5.74, 6) is 0.793. The molecule has 5 heteroatoms. The highest BCUT2D eigenvalue weighted by atomic mass is 32.2. The summed E-state index contributed by atoms with van der Waals surface area (Å²) < 4.78 is 26.7. The number of sulfonamides is 1. The summed E-state index contributed by atoms with van der Waals surface area (Å²) in [5.41, 5.74) is 6.10. The van der Waals surface area contributed by atoms with Gasteiger partial charge in [-0.2, -0.15) is 4.31 Å². The lowest BCUT2D eigenvalue weighted by atomic mass is 9.94. The number of nitrogen functional groups attached to an aromatic ring is 1. The maximum atomic E-state index is 12.5. The second-order valence-corrected chi connectivity index (χ2v) is 7.21. The summed E-state index contributed by atoms with van der Waals surface area (Å²) in [5, 5.41) is 0. The molecule has 0 spiro atoms. The minimum atomic E-state index is -3.45. The lowest BCUT2D eigenvalue weighted by molar-refractivity contribution is 0.222. The van der Waals surface area contributed by atoms with E-state index < -0.39 is 10.0 Å². The molecule has 2 rings (SSSR count). The summed E-state index contributed by atoms with van der Waals surface area (Å²) in [6, 6.07) is 6.66. The van der Waals surface area contributed by atoms with Crippen molar-refractivity contribution in [2.24, 2.45) is 11.8 Å². The van der Waals surface area contributed by atoms with Gasteiger partial charge in [-0.1, -0.05) is 26.0 Å². The average molecular weight is 268 g/mol. The summed E-state index contributed by atoms with van der Waals surface area (Å²) in [7, 11) is -3.45. The molecule has 2 N–H and O–H groups in total. The summed E-state index contributed by atoms with van der Waals surface area (Å²) in [4.78, 5) is 0.228. The molecule has 1 heterocycles. The van der Waals surface area contributed by atoms with Crippen LogP contribution in [-0.2, 0) is 10.0 Å². The minimum absolute atomic E-state index is 0.228. The van der Waals surface area contributed by atoms with Crippen molar-refractivity contribution >= 4 is 15.7 Å². The molecule has 4 nitrogen and oxygen atoms in total. The van der Waals surface area contributed by atoms with E-state index in [2.05, 4.69) is 13.8 Å². The number of para-hydroxylation sites is 1. The first kappa shape index (κ1) is 13.4. The van der Waals surface area contributed by atoms with Crippen molar-refractivity contribution in [2.75, 3.05) is 18.8 Å². The van der Waals surface area contributed by atoms with E-state index in [1.54, 1.807) is 28.6 Å². The van der Waals surface area contributed by atoms with Gasteiger partial charge in [-0.3, -0.25) is 0 Å². The Kier molecular flexibility index (Phi) is 3.64. The van der Waals surface area contributed by atoms with Crippen LogP contribution in [0.1, 0.15) is 20.3 Å². The Bertz CT molecular complexity index is 518. The van der Waals surface area contributed by atoms with E-state index in [0.29, 0.717) is 30.6 Å². The maximum absolute atomic E-state index is 12.5. The average Bonchev–Trinajstić information content (AvgIpc) is 2.28. The third kappa shape index (κ3) is 2.52. The fourth-order valence-corrected chi connectivity index (χ4v) is 4.45. The van der Waals surface area contributed by atoms with Crippen LogP contribution in [0.5, 0.6) is 0 Å². The second-order valence-electron chi connectivity index (χ2n) is 5.31. The van der Waals surface area contributed by atoms with Gasteiger partial charge in [-0.05, 0) is 30.4 Å². The quantitative estimate of drug-likeness (QED) is 0.834. The van der Waals surface area contributed by atoms with Gasteiger partial charge in [0.15, 0.2) is 0 Å². The normalized spacial score (nSPS) is 26.1. The molecule has 18 heavy (non-hydrogen) atoms. The lowest BCUT2D eigenvalue weighted by Gasteiger charge is -2.34. The van der Waals surface area contributed by atoms with Gasteiger partial charge in [-0.25, -0.2) is 8.42 Å². The van der Waals surface area contributed by atoms with E-state index in [1.165, 1.54) is 0 Å². The first-order chi connectivity index (χ1) is 8.41. The lowest BCUT2D eigenvalue weighted by Crippen LogP contribution is -2.42. The van der Waals surface area contributed by atoms with Crippen LogP contribution in [0.4, 0.5) is 5.69 Å². The van der Waals surface area contributed by atoms with Crippen LogP contribution in [0.3, 0.4) is 0 Å². The van der Waals surface area contributed by atoms with Crippen molar-refractivity contribution in [1.82, 2.24) is 4.31 Å². The molecular weight excluding hydrogens is 248 g/mol. The van der Waals surface area contributed by atoms with Crippen LogP contribution in [-0.4, -0.2) is 25.8 Å². The van der Waals surface area contributed by atoms with Crippen LogP contribution in [0, 0.1) is 11.8 Å². The van der Waals surface area contributed by atoms with Gasteiger partial charge in [0.1, 0.15) is 4.90 Å². The smallest absolute Gasteiger partial charge is 0.245 e.